The third-order valence-electron chi connectivity index (χ3n) is 17.3. The highest BCUT2D eigenvalue weighted by Gasteiger charge is 2.69. The van der Waals surface area contributed by atoms with Crippen LogP contribution in [0.25, 0.3) is 0 Å². The summed E-state index contributed by atoms with van der Waals surface area (Å²) in [5, 5.41) is 16.2. The molecule has 1 spiro atoms. The molecule has 1 amide bonds. The summed E-state index contributed by atoms with van der Waals surface area (Å²) in [5.41, 5.74) is -2.96. The summed E-state index contributed by atoms with van der Waals surface area (Å²) in [7, 11) is 6.52. The second-order valence-electron chi connectivity index (χ2n) is 21.2. The van der Waals surface area contributed by atoms with Gasteiger partial charge in [-0.15, -0.1) is 0 Å². The second kappa shape index (κ2) is 20.4. The van der Waals surface area contributed by atoms with Gasteiger partial charge in [0.2, 0.25) is 5.91 Å². The highest BCUT2D eigenvalue weighted by Crippen LogP contribution is 2.64. The van der Waals surface area contributed by atoms with Gasteiger partial charge >= 0.3 is 35.8 Å². The third-order valence-corrected chi connectivity index (χ3v) is 17.3. The van der Waals surface area contributed by atoms with Gasteiger partial charge in [0.15, 0.2) is 5.60 Å². The molecule has 2 fully saturated rings. The van der Waals surface area contributed by atoms with Crippen molar-refractivity contribution in [3.8, 4) is 0 Å². The Hall–Kier alpha value is -5.72. The van der Waals surface area contributed by atoms with Crippen LogP contribution in [0.4, 0.5) is 0 Å². The molecule has 0 aliphatic carbocycles. The van der Waals surface area contributed by atoms with Crippen molar-refractivity contribution >= 4 is 58.9 Å². The molecule has 19 heteroatoms. The lowest BCUT2D eigenvalue weighted by Gasteiger charge is -2.48. The molecule has 6 aliphatic heterocycles. The molecule has 0 aromatic carbocycles. The van der Waals surface area contributed by atoms with Crippen molar-refractivity contribution in [2.75, 3.05) is 48.7 Å². The topological polar surface area (TPSA) is 256 Å². The number of amides is 1. The molecule has 6 aliphatic rings. The predicted molar refractivity (Wildman–Crippen MR) is 259 cm³/mol. The Morgan fingerprint density at radius 2 is 1.39 bits per heavy atom. The van der Waals surface area contributed by atoms with E-state index in [0.29, 0.717) is 51.8 Å². The smallest absolute Gasteiger partial charge is 0.306 e. The molecule has 71 heavy (non-hydrogen) atoms. The van der Waals surface area contributed by atoms with Gasteiger partial charge in [-0.2, -0.15) is 0 Å². The van der Waals surface area contributed by atoms with Crippen molar-refractivity contribution in [1.82, 2.24) is 10.6 Å². The van der Waals surface area contributed by atoms with Crippen LogP contribution >= 0.6 is 0 Å². The maximum absolute atomic E-state index is 14.1. The molecule has 0 aromatic rings. The molecule has 3 N–H and O–H groups in total. The number of hydrogen-bond acceptors (Lipinski definition) is 18. The molecule has 1 unspecified atom stereocenters. The Kier molecular flexibility index (Phi) is 15.7. The first-order chi connectivity index (χ1) is 33.3. The first-order valence-corrected chi connectivity index (χ1v) is 24.5. The molecule has 6 heterocycles. The molecule has 8 bridgehead atoms. The Bertz CT molecular complexity index is 2430. The largest absolute Gasteiger partial charge is 0.469 e. The number of esters is 6. The van der Waals surface area contributed by atoms with Gasteiger partial charge in [0.05, 0.1) is 77.7 Å². The van der Waals surface area contributed by atoms with Gasteiger partial charge in [0.25, 0.3) is 0 Å². The van der Waals surface area contributed by atoms with Crippen LogP contribution < -0.4 is 10.6 Å². The maximum atomic E-state index is 14.1. The van der Waals surface area contributed by atoms with Crippen molar-refractivity contribution in [3.63, 3.8) is 0 Å². The van der Waals surface area contributed by atoms with Gasteiger partial charge in [-0.05, 0) is 64.2 Å². The number of methoxy groups -OCH3 is 5. The number of hydrogen-bond donors (Lipinski definition) is 3. The van der Waals surface area contributed by atoms with Crippen LogP contribution in [-0.4, -0.2) is 130 Å². The zero-order chi connectivity index (χ0) is 52.6. The number of aliphatic hydroxyl groups excluding tert-OH is 1. The number of nitrogens with zero attached hydrogens (tertiary/aromatic N) is 3. The van der Waals surface area contributed by atoms with Crippen LogP contribution in [0.3, 0.4) is 0 Å². The van der Waals surface area contributed by atoms with E-state index in [1.54, 1.807) is 0 Å². The van der Waals surface area contributed by atoms with Crippen molar-refractivity contribution in [1.29, 1.82) is 0 Å². The van der Waals surface area contributed by atoms with Gasteiger partial charge in [0, 0.05) is 108 Å². The van der Waals surface area contributed by atoms with E-state index in [9.17, 15) is 38.7 Å². The summed E-state index contributed by atoms with van der Waals surface area (Å²) in [6.07, 6.45) is 1.99. The SMILES string of the molecule is COC(=O)CC[C@@H]1/C2=C(\C)C3=NC([C@H](CC(=O)OC)[C@@]3(C)CCC(=O)OC)[C@]3(C)N=C(/C(C)=C4\N/C(=C\C(=N2)C1(C)C)[C@@]1(CCC(=O)O1)[C@]4(C)CC(=O)NCCO)[C@@H](CCC(=O)OC)[C@]3(C)CC(=O)OC. The molecule has 6 rings (SSSR count). The molecule has 9 atom stereocenters. The second-order valence-corrected chi connectivity index (χ2v) is 21.2. The molecular formula is C52H73N5O14. The Morgan fingerprint density at radius 1 is 0.803 bits per heavy atom. The third kappa shape index (κ3) is 9.24. The number of allylic oxidation sites excluding steroid dienone is 4. The van der Waals surface area contributed by atoms with Crippen LogP contribution in [0.5, 0.6) is 0 Å². The summed E-state index contributed by atoms with van der Waals surface area (Å²) in [6, 6.07) is -0.917. The number of carbonyl (C=O) groups is 7. The van der Waals surface area contributed by atoms with Crippen molar-refractivity contribution in [2.24, 2.45) is 54.4 Å². The predicted octanol–water partition coefficient (Wildman–Crippen LogP) is 4.98. The molecular weight excluding hydrogens is 919 g/mol. The number of aliphatic imine (C=N–C) groups is 3. The highest BCUT2D eigenvalue weighted by molar-refractivity contribution is 6.10. The van der Waals surface area contributed by atoms with E-state index in [0.717, 1.165) is 0 Å². The van der Waals surface area contributed by atoms with E-state index in [-0.39, 0.29) is 77.4 Å². The average molecular weight is 992 g/mol. The quantitative estimate of drug-likeness (QED) is 0.128. The average Bonchev–Trinajstić information content (AvgIpc) is 4.06. The fourth-order valence-corrected chi connectivity index (χ4v) is 12.8. The van der Waals surface area contributed by atoms with Gasteiger partial charge in [-0.25, -0.2) is 0 Å². The lowest BCUT2D eigenvalue weighted by molar-refractivity contribution is -0.153. The summed E-state index contributed by atoms with van der Waals surface area (Å²) in [5.74, 6) is -5.29. The van der Waals surface area contributed by atoms with Gasteiger partial charge in [-0.1, -0.05) is 27.7 Å². The van der Waals surface area contributed by atoms with Crippen molar-refractivity contribution in [3.05, 3.63) is 34.3 Å². The van der Waals surface area contributed by atoms with E-state index >= 15 is 0 Å². The summed E-state index contributed by atoms with van der Waals surface area (Å²) in [6.45, 7) is 15.1. The van der Waals surface area contributed by atoms with Crippen LogP contribution in [0.1, 0.15) is 126 Å². The van der Waals surface area contributed by atoms with Crippen LogP contribution in [0.15, 0.2) is 49.3 Å². The summed E-state index contributed by atoms with van der Waals surface area (Å²) >= 11 is 0. The molecule has 0 aromatic heterocycles. The minimum absolute atomic E-state index is 0.0238. The van der Waals surface area contributed by atoms with Gasteiger partial charge in [0.1, 0.15) is 0 Å². The number of aliphatic hydroxyl groups is 1. The first-order valence-electron chi connectivity index (χ1n) is 24.5. The van der Waals surface area contributed by atoms with Crippen LogP contribution in [0, 0.1) is 39.4 Å². The molecule has 2 saturated heterocycles. The van der Waals surface area contributed by atoms with Gasteiger partial charge < -0.3 is 44.2 Å². The normalized spacial score (nSPS) is 35.2. The molecule has 390 valence electrons. The Labute approximate surface area is 416 Å². The fourth-order valence-electron chi connectivity index (χ4n) is 12.8. The van der Waals surface area contributed by atoms with Crippen LogP contribution in [0.2, 0.25) is 0 Å². The van der Waals surface area contributed by atoms with E-state index in [1.165, 1.54) is 35.5 Å². The van der Waals surface area contributed by atoms with E-state index in [1.807, 2.05) is 61.5 Å². The number of ether oxygens (including phenoxy) is 6. The van der Waals surface area contributed by atoms with Gasteiger partial charge in [-0.3, -0.25) is 48.5 Å². The zero-order valence-corrected chi connectivity index (χ0v) is 43.7. The van der Waals surface area contributed by atoms with Crippen LogP contribution in [-0.2, 0) is 62.0 Å². The molecule has 0 radical (unpaired) electrons. The lowest BCUT2D eigenvalue weighted by atomic mass is 9.55. The highest BCUT2D eigenvalue weighted by atomic mass is 16.6. The molecule has 0 saturated carbocycles. The minimum atomic E-state index is -1.46. The van der Waals surface area contributed by atoms with E-state index in [2.05, 4.69) is 10.6 Å². The number of nitrogens with one attached hydrogen (secondary N) is 2. The number of fused-ring (bicyclic) bond motifs is 7. The minimum Gasteiger partial charge on any atom is -0.469 e. The van der Waals surface area contributed by atoms with E-state index in [4.69, 9.17) is 43.4 Å². The standard InChI is InChI=1S/C52H73N5O14/c1-28-42-30(14-16-36(60)66-9)47(3,4)33(54-42)25-34-52(21-19-39(63)71-52)50(7,26-35(59)53-22-23-58)45(55-34)29(2)43-31(15-17-37(61)67-10)49(6,27-41(65)70-13)51(8,57-43)46-32(24-40(64)69-12)48(5,44(28)56-46)20-18-38(62)68-11/h25,30-32,46,55,58H,14-24,26-27H2,1-13H3,(H,53,59)/b34-25-,42-28-,45-29-/t30-,31-,32+,46?,48-,49+,50-,51+,52+/m1/s1. The number of rotatable bonds is 17. The first kappa shape index (κ1) is 54.6. The summed E-state index contributed by atoms with van der Waals surface area (Å²) in [4.78, 5) is 112. The Morgan fingerprint density at radius 3 is 1.96 bits per heavy atom. The van der Waals surface area contributed by atoms with E-state index < -0.39 is 98.3 Å². The molecule has 19 nitrogen and oxygen atoms in total. The fraction of sp³-hybridized carbons (Fsp3) is 0.692. The zero-order valence-electron chi connectivity index (χ0n) is 43.7. The monoisotopic (exact) mass is 992 g/mol. The Balaban J connectivity index is 1.83. The maximum Gasteiger partial charge on any atom is 0.306 e. The lowest BCUT2D eigenvalue weighted by Crippen LogP contribution is -2.55. The summed E-state index contributed by atoms with van der Waals surface area (Å²) < 4.78 is 32.8. The number of carbonyl (C=O) groups excluding carboxylic acids is 7. The van der Waals surface area contributed by atoms with Crippen molar-refractivity contribution < 1.29 is 67.1 Å². The van der Waals surface area contributed by atoms with Crippen molar-refractivity contribution in [2.45, 2.75) is 143 Å².